The molecule has 3 amide bonds. The fourth-order valence-electron chi connectivity index (χ4n) is 9.90. The average molecular weight is 993 g/mol. The van der Waals surface area contributed by atoms with E-state index >= 15 is 0 Å². The number of nitrogens with two attached hydrogens (primary N) is 1. The number of benzene rings is 6. The van der Waals surface area contributed by atoms with E-state index in [9.17, 15) is 33.4 Å². The normalized spacial score (nSPS) is 17.8. The van der Waals surface area contributed by atoms with Crippen molar-refractivity contribution in [3.05, 3.63) is 214 Å². The van der Waals surface area contributed by atoms with Crippen LogP contribution in [0.4, 0.5) is 13.6 Å². The second kappa shape index (κ2) is 25.3. The third kappa shape index (κ3) is 15.6. The lowest BCUT2D eigenvalue weighted by molar-refractivity contribution is -0.149. The number of halogens is 2. The molecule has 0 aromatic heterocycles. The zero-order valence-corrected chi connectivity index (χ0v) is 42.5. The maximum atomic E-state index is 14.6. The van der Waals surface area contributed by atoms with Crippen LogP contribution in [0.1, 0.15) is 85.0 Å². The molecule has 2 heterocycles. The van der Waals surface area contributed by atoms with Crippen molar-refractivity contribution in [2.45, 2.75) is 109 Å². The van der Waals surface area contributed by atoms with Crippen LogP contribution in [0.15, 0.2) is 158 Å². The number of aliphatic hydroxyl groups excluding tert-OH is 2. The van der Waals surface area contributed by atoms with Crippen molar-refractivity contribution >= 4 is 17.9 Å². The summed E-state index contributed by atoms with van der Waals surface area (Å²) in [5.41, 5.74) is 13.0. The maximum Gasteiger partial charge on any atom is 0.411 e. The van der Waals surface area contributed by atoms with Gasteiger partial charge in [0.15, 0.2) is 0 Å². The summed E-state index contributed by atoms with van der Waals surface area (Å²) in [6, 6.07) is 47.3. The lowest BCUT2D eigenvalue weighted by Crippen LogP contribution is -2.64. The molecule has 2 aliphatic rings. The highest BCUT2D eigenvalue weighted by Crippen LogP contribution is 2.28. The van der Waals surface area contributed by atoms with Gasteiger partial charge in [-0.05, 0) is 134 Å². The number of piperidine rings is 1. The Morgan fingerprint density at radius 2 is 1.04 bits per heavy atom. The van der Waals surface area contributed by atoms with Crippen molar-refractivity contribution in [1.29, 1.82) is 0 Å². The summed E-state index contributed by atoms with van der Waals surface area (Å²) in [6.45, 7) is 9.29. The Balaban J connectivity index is 0.000000218. The molecule has 0 spiro atoms. The predicted octanol–water partition coefficient (Wildman–Crippen LogP) is 9.69. The molecule has 2 fully saturated rings. The molecule has 12 heteroatoms. The number of hydrogen-bond acceptors (Lipinski definition) is 7. The Labute approximate surface area is 429 Å². The first-order chi connectivity index (χ1) is 35.0. The third-order valence-corrected chi connectivity index (χ3v) is 13.5. The molecule has 2 saturated heterocycles. The predicted molar refractivity (Wildman–Crippen MR) is 281 cm³/mol. The van der Waals surface area contributed by atoms with Gasteiger partial charge in [0, 0.05) is 38.8 Å². The van der Waals surface area contributed by atoms with Crippen LogP contribution in [0.2, 0.25) is 0 Å². The Morgan fingerprint density at radius 3 is 1.52 bits per heavy atom. The first kappa shape index (κ1) is 54.1. The molecule has 4 N–H and O–H groups in total. The molecule has 0 radical (unpaired) electrons. The van der Waals surface area contributed by atoms with Crippen LogP contribution in [0.5, 0.6) is 0 Å². The SMILES string of the molecule is C[C@@H](Cc1cc(F)cc(Cc2ccccc2)c1)C(O)C1C(=O)N(Cc2ccccc2)CCN1C(=O)OC(C)(C)C.N[C@@H](Cc1cc(F)cc(Cc2ccccc2)c1)C(O)C1CCCN(Cc2ccccc2)C1=O. The molecule has 10 nitrogen and oxygen atoms in total. The molecule has 8 rings (SSSR count). The van der Waals surface area contributed by atoms with Crippen LogP contribution in [-0.4, -0.2) is 92.3 Å². The van der Waals surface area contributed by atoms with E-state index in [0.717, 1.165) is 50.9 Å². The number of piperazine rings is 1. The van der Waals surface area contributed by atoms with Crippen molar-refractivity contribution in [2.24, 2.45) is 17.6 Å². The molecule has 73 heavy (non-hydrogen) atoms. The number of rotatable bonds is 16. The Kier molecular flexibility index (Phi) is 18.7. The lowest BCUT2D eigenvalue weighted by atomic mass is 9.85. The van der Waals surface area contributed by atoms with Gasteiger partial charge in [-0.3, -0.25) is 14.5 Å². The molecular weight excluding hydrogens is 923 g/mol. The van der Waals surface area contributed by atoms with E-state index in [2.05, 4.69) is 0 Å². The highest BCUT2D eigenvalue weighted by atomic mass is 19.1. The van der Waals surface area contributed by atoms with Gasteiger partial charge in [-0.25, -0.2) is 13.6 Å². The van der Waals surface area contributed by atoms with E-state index in [1.165, 1.54) is 29.2 Å². The van der Waals surface area contributed by atoms with Crippen LogP contribution >= 0.6 is 0 Å². The summed E-state index contributed by atoms with van der Waals surface area (Å²) in [5, 5.41) is 22.5. The zero-order valence-electron chi connectivity index (χ0n) is 42.5. The van der Waals surface area contributed by atoms with Gasteiger partial charge in [0.2, 0.25) is 11.8 Å². The maximum absolute atomic E-state index is 14.6. The zero-order chi connectivity index (χ0) is 52.1. The number of nitrogens with zero attached hydrogens (tertiary/aromatic N) is 3. The van der Waals surface area contributed by atoms with E-state index in [4.69, 9.17) is 10.5 Å². The average Bonchev–Trinajstić information content (AvgIpc) is 3.35. The second-order valence-corrected chi connectivity index (χ2v) is 20.6. The molecule has 6 atom stereocenters. The summed E-state index contributed by atoms with van der Waals surface area (Å²) in [4.78, 5) is 44.9. The molecule has 2 aliphatic heterocycles. The summed E-state index contributed by atoms with van der Waals surface area (Å²) in [7, 11) is 0. The summed E-state index contributed by atoms with van der Waals surface area (Å²) < 4.78 is 34.5. The number of likely N-dealkylation sites (tertiary alicyclic amines) is 1. The molecule has 0 saturated carbocycles. The highest BCUT2D eigenvalue weighted by molar-refractivity contribution is 5.87. The Bertz CT molecular complexity index is 2720. The molecule has 384 valence electrons. The van der Waals surface area contributed by atoms with Gasteiger partial charge in [-0.2, -0.15) is 0 Å². The fourth-order valence-corrected chi connectivity index (χ4v) is 9.90. The number of carbonyl (C=O) groups is 3. The summed E-state index contributed by atoms with van der Waals surface area (Å²) in [5.74, 6) is -2.02. The first-order valence-corrected chi connectivity index (χ1v) is 25.4. The molecule has 0 bridgehead atoms. The topological polar surface area (TPSA) is 137 Å². The lowest BCUT2D eigenvalue weighted by Gasteiger charge is -2.43. The highest BCUT2D eigenvalue weighted by Gasteiger charge is 2.45. The van der Waals surface area contributed by atoms with Crippen molar-refractivity contribution in [1.82, 2.24) is 14.7 Å². The van der Waals surface area contributed by atoms with Crippen LogP contribution in [0.3, 0.4) is 0 Å². The van der Waals surface area contributed by atoms with E-state index in [-0.39, 0.29) is 30.0 Å². The number of aliphatic hydroxyl groups is 2. The van der Waals surface area contributed by atoms with E-state index in [1.54, 1.807) is 30.6 Å². The molecule has 6 aromatic rings. The first-order valence-electron chi connectivity index (χ1n) is 25.4. The Morgan fingerprint density at radius 1 is 0.603 bits per heavy atom. The summed E-state index contributed by atoms with van der Waals surface area (Å²) >= 11 is 0. The molecule has 6 aromatic carbocycles. The largest absolute Gasteiger partial charge is 0.444 e. The van der Waals surface area contributed by atoms with Crippen LogP contribution < -0.4 is 5.73 Å². The molecule has 0 aliphatic carbocycles. The quantitative estimate of drug-likeness (QED) is 0.0879. The molecular formula is C61H70F2N4O6. The standard InChI is InChI=1S/C33H39FN2O4.C28H31FN2O2/c1-23(17-26-19-27(21-28(34)20-26)18-24-11-7-5-8-12-24)30(37)29-31(38)35(22-25-13-9-6-10-14-25)15-16-36(29)32(39)40-33(2,3)4;29-24-16-22(14-20-8-3-1-4-9-20)15-23(17-24)18-26(30)27(32)25-12-7-13-31(28(25)33)19-21-10-5-2-6-11-21/h5-14,19-21,23,29-30,37H,15-18,22H2,1-4H3;1-6,8-11,15-17,25-27,32H,7,12-14,18-19,30H2/t23-,29?,30?;25?,26-,27?/m00/s1. The number of ether oxygens (including phenoxy) is 1. The minimum atomic E-state index is -1.18. The van der Waals surface area contributed by atoms with E-state index in [1.807, 2.05) is 140 Å². The smallest absolute Gasteiger partial charge is 0.411 e. The van der Waals surface area contributed by atoms with Crippen molar-refractivity contribution in [3.8, 4) is 0 Å². The fraction of sp³-hybridized carbons (Fsp3) is 0.361. The van der Waals surface area contributed by atoms with Gasteiger partial charge in [-0.15, -0.1) is 0 Å². The summed E-state index contributed by atoms with van der Waals surface area (Å²) in [6.07, 6.45) is 0.511. The van der Waals surface area contributed by atoms with Crippen LogP contribution in [0.25, 0.3) is 0 Å². The molecule has 4 unspecified atom stereocenters. The van der Waals surface area contributed by atoms with E-state index < -0.39 is 47.8 Å². The van der Waals surface area contributed by atoms with Gasteiger partial charge < -0.3 is 30.5 Å². The number of amides is 3. The van der Waals surface area contributed by atoms with Crippen molar-refractivity contribution in [3.63, 3.8) is 0 Å². The Hall–Kier alpha value is -6.73. The van der Waals surface area contributed by atoms with Gasteiger partial charge in [0.25, 0.3) is 0 Å². The second-order valence-electron chi connectivity index (χ2n) is 20.6. The third-order valence-electron chi connectivity index (χ3n) is 13.5. The number of carbonyl (C=O) groups excluding carboxylic acids is 3. The minimum absolute atomic E-state index is 0.0583. The van der Waals surface area contributed by atoms with Gasteiger partial charge in [0.1, 0.15) is 23.3 Å². The van der Waals surface area contributed by atoms with Gasteiger partial charge in [0.05, 0.1) is 18.1 Å². The number of hydrogen-bond donors (Lipinski definition) is 3. The van der Waals surface area contributed by atoms with Crippen molar-refractivity contribution < 1.29 is 38.1 Å². The monoisotopic (exact) mass is 993 g/mol. The van der Waals surface area contributed by atoms with Crippen LogP contribution in [0, 0.1) is 23.5 Å². The van der Waals surface area contributed by atoms with E-state index in [0.29, 0.717) is 58.3 Å². The van der Waals surface area contributed by atoms with Crippen molar-refractivity contribution in [2.75, 3.05) is 19.6 Å². The van der Waals surface area contributed by atoms with Gasteiger partial charge in [-0.1, -0.05) is 140 Å². The minimum Gasteiger partial charge on any atom is -0.444 e. The van der Waals surface area contributed by atoms with Crippen LogP contribution in [-0.2, 0) is 53.1 Å². The van der Waals surface area contributed by atoms with Gasteiger partial charge >= 0.3 is 6.09 Å².